The average molecular weight is 364 g/mol. The number of para-hydroxylation sites is 1. The summed E-state index contributed by atoms with van der Waals surface area (Å²) in [4.78, 5) is 0. The smallest absolute Gasteiger partial charge is 0.214 e. The van der Waals surface area contributed by atoms with Crippen molar-refractivity contribution in [2.75, 3.05) is 7.11 Å². The van der Waals surface area contributed by atoms with Crippen molar-refractivity contribution in [3.8, 4) is 11.5 Å². The minimum absolute atomic E-state index is 0.0442. The maximum atomic E-state index is 13.9. The van der Waals surface area contributed by atoms with Crippen LogP contribution in [-0.2, 0) is 0 Å². The second-order valence-corrected chi connectivity index (χ2v) is 6.53. The number of nitrogens with zero attached hydrogens (tertiary/aromatic N) is 2. The molecular formula is C21H17FN2O3. The van der Waals surface area contributed by atoms with Gasteiger partial charge in [-0.3, -0.25) is 0 Å². The summed E-state index contributed by atoms with van der Waals surface area (Å²) < 4.78 is 31.2. The number of benzene rings is 2. The number of furan rings is 1. The van der Waals surface area contributed by atoms with E-state index in [1.54, 1.807) is 19.4 Å². The summed E-state index contributed by atoms with van der Waals surface area (Å²) in [5, 5.41) is 6.65. The van der Waals surface area contributed by atoms with Crippen LogP contribution in [0.15, 0.2) is 70.4 Å². The van der Waals surface area contributed by atoms with E-state index in [1.807, 2.05) is 41.4 Å². The molecule has 0 bridgehead atoms. The third kappa shape index (κ3) is 2.56. The van der Waals surface area contributed by atoms with Crippen LogP contribution in [0.4, 0.5) is 4.39 Å². The maximum Gasteiger partial charge on any atom is 0.214 e. The highest BCUT2D eigenvalue weighted by molar-refractivity contribution is 5.99. The first-order chi connectivity index (χ1) is 13.2. The quantitative estimate of drug-likeness (QED) is 0.678. The Morgan fingerprint density at radius 2 is 2.04 bits per heavy atom. The summed E-state index contributed by atoms with van der Waals surface area (Å²) in [6.45, 7) is 0. The van der Waals surface area contributed by atoms with Crippen LogP contribution in [0, 0.1) is 5.82 Å². The van der Waals surface area contributed by atoms with Gasteiger partial charge in [-0.1, -0.05) is 24.3 Å². The minimum atomic E-state index is -0.554. The zero-order valence-corrected chi connectivity index (χ0v) is 14.6. The topological polar surface area (TPSA) is 47.2 Å². The largest absolute Gasteiger partial charge is 0.493 e. The number of hydrazone groups is 1. The molecule has 0 saturated carbocycles. The molecule has 2 atom stereocenters. The van der Waals surface area contributed by atoms with Crippen molar-refractivity contribution in [3.63, 3.8) is 0 Å². The molecule has 0 fully saturated rings. The van der Waals surface area contributed by atoms with Crippen molar-refractivity contribution >= 4 is 5.71 Å². The normalized spacial score (nSPS) is 20.5. The van der Waals surface area contributed by atoms with Crippen LogP contribution in [-0.4, -0.2) is 17.8 Å². The fourth-order valence-electron chi connectivity index (χ4n) is 3.72. The molecule has 5 rings (SSSR count). The third-order valence-electron chi connectivity index (χ3n) is 4.94. The van der Waals surface area contributed by atoms with Crippen molar-refractivity contribution in [3.05, 3.63) is 83.6 Å². The van der Waals surface area contributed by atoms with Gasteiger partial charge in [0.2, 0.25) is 6.23 Å². The number of rotatable bonds is 3. The lowest BCUT2D eigenvalue weighted by molar-refractivity contribution is -0.0210. The third-order valence-corrected chi connectivity index (χ3v) is 4.94. The Hall–Kier alpha value is -3.28. The van der Waals surface area contributed by atoms with Gasteiger partial charge in [-0.05, 0) is 30.3 Å². The first kappa shape index (κ1) is 15.9. The first-order valence-corrected chi connectivity index (χ1v) is 8.73. The minimum Gasteiger partial charge on any atom is -0.493 e. The standard InChI is InChI=1S/C21H17FN2O3/c1-25-19-8-3-7-15-17-12-16(18-9-4-10-26-18)23-24(17)21(27-20(15)19)13-5-2-6-14(22)11-13/h2-11,17,21H,12H2,1H3/t17-,21-/m0/s1. The van der Waals surface area contributed by atoms with Crippen LogP contribution in [0.1, 0.15) is 35.6 Å². The van der Waals surface area contributed by atoms with Crippen LogP contribution in [0.25, 0.3) is 0 Å². The summed E-state index contributed by atoms with van der Waals surface area (Å²) in [6.07, 6.45) is 1.75. The van der Waals surface area contributed by atoms with Crippen LogP contribution < -0.4 is 9.47 Å². The van der Waals surface area contributed by atoms with E-state index in [0.29, 0.717) is 23.5 Å². The van der Waals surface area contributed by atoms with Crippen LogP contribution in [0.2, 0.25) is 0 Å². The molecule has 1 aromatic heterocycles. The SMILES string of the molecule is COc1cccc2c1O[C@@H](c1cccc(F)c1)N1N=C(c3ccco3)C[C@@H]21. The molecule has 0 amide bonds. The van der Waals surface area contributed by atoms with Gasteiger partial charge in [0.25, 0.3) is 0 Å². The van der Waals surface area contributed by atoms with Crippen LogP contribution in [0.5, 0.6) is 11.5 Å². The van der Waals surface area contributed by atoms with Gasteiger partial charge in [0, 0.05) is 17.5 Å². The molecule has 5 nitrogen and oxygen atoms in total. The molecule has 2 aromatic carbocycles. The molecule has 136 valence electrons. The second kappa shape index (κ2) is 6.16. The van der Waals surface area contributed by atoms with E-state index < -0.39 is 6.23 Å². The molecule has 2 aliphatic rings. The summed E-state index contributed by atoms with van der Waals surface area (Å²) in [7, 11) is 1.61. The molecular weight excluding hydrogens is 347 g/mol. The van der Waals surface area contributed by atoms with E-state index in [4.69, 9.17) is 19.0 Å². The number of fused-ring (bicyclic) bond motifs is 3. The Kier molecular flexibility index (Phi) is 3.63. The average Bonchev–Trinajstić information content (AvgIpc) is 3.36. The lowest BCUT2D eigenvalue weighted by atomic mass is 9.97. The second-order valence-electron chi connectivity index (χ2n) is 6.53. The molecule has 0 radical (unpaired) electrons. The molecule has 2 aliphatic heterocycles. The van der Waals surface area contributed by atoms with Gasteiger partial charge in [0.15, 0.2) is 11.5 Å². The fraction of sp³-hybridized carbons (Fsp3) is 0.190. The zero-order chi connectivity index (χ0) is 18.4. The highest BCUT2D eigenvalue weighted by Crippen LogP contribution is 2.50. The zero-order valence-electron chi connectivity index (χ0n) is 14.6. The van der Waals surface area contributed by atoms with Gasteiger partial charge in [-0.15, -0.1) is 0 Å². The highest BCUT2D eigenvalue weighted by Gasteiger charge is 2.42. The Labute approximate surface area is 155 Å². The predicted octanol–water partition coefficient (Wildman–Crippen LogP) is 4.67. The predicted molar refractivity (Wildman–Crippen MR) is 97.2 cm³/mol. The number of hydrogen-bond donors (Lipinski definition) is 0. The van der Waals surface area contributed by atoms with Crippen LogP contribution in [0.3, 0.4) is 0 Å². The molecule has 3 heterocycles. The molecule has 0 saturated heterocycles. The monoisotopic (exact) mass is 364 g/mol. The number of halogens is 1. The van der Waals surface area contributed by atoms with Gasteiger partial charge < -0.3 is 13.9 Å². The molecule has 27 heavy (non-hydrogen) atoms. The van der Waals surface area contributed by atoms with Crippen molar-refractivity contribution in [1.82, 2.24) is 5.01 Å². The van der Waals surface area contributed by atoms with Gasteiger partial charge in [0.05, 0.1) is 19.4 Å². The van der Waals surface area contributed by atoms with Gasteiger partial charge in [-0.2, -0.15) is 5.10 Å². The Morgan fingerprint density at radius 1 is 1.15 bits per heavy atom. The Bertz CT molecular complexity index is 1020. The summed E-state index contributed by atoms with van der Waals surface area (Å²) in [5.41, 5.74) is 2.53. The van der Waals surface area contributed by atoms with Gasteiger partial charge in [-0.25, -0.2) is 9.40 Å². The molecule has 3 aromatic rings. The lowest BCUT2D eigenvalue weighted by Crippen LogP contribution is -2.34. The number of methoxy groups -OCH3 is 1. The van der Waals surface area contributed by atoms with E-state index in [2.05, 4.69) is 0 Å². The van der Waals surface area contributed by atoms with Crippen molar-refractivity contribution in [2.24, 2.45) is 5.10 Å². The molecule has 0 aliphatic carbocycles. The number of hydrogen-bond acceptors (Lipinski definition) is 5. The summed E-state index contributed by atoms with van der Waals surface area (Å²) in [6, 6.07) is 15.9. The van der Waals surface area contributed by atoms with E-state index in [0.717, 1.165) is 17.0 Å². The van der Waals surface area contributed by atoms with E-state index >= 15 is 0 Å². The van der Waals surface area contributed by atoms with Crippen molar-refractivity contribution in [1.29, 1.82) is 0 Å². The van der Waals surface area contributed by atoms with Gasteiger partial charge in [0.1, 0.15) is 17.3 Å². The van der Waals surface area contributed by atoms with E-state index in [9.17, 15) is 4.39 Å². The molecule has 0 spiro atoms. The summed E-state index contributed by atoms with van der Waals surface area (Å²) >= 11 is 0. The Balaban J connectivity index is 1.64. The van der Waals surface area contributed by atoms with E-state index in [1.165, 1.54) is 12.1 Å². The lowest BCUT2D eigenvalue weighted by Gasteiger charge is -2.38. The maximum absolute atomic E-state index is 13.9. The van der Waals surface area contributed by atoms with Gasteiger partial charge >= 0.3 is 0 Å². The van der Waals surface area contributed by atoms with Crippen molar-refractivity contribution in [2.45, 2.75) is 18.7 Å². The molecule has 6 heteroatoms. The summed E-state index contributed by atoms with van der Waals surface area (Å²) in [5.74, 6) is 1.74. The van der Waals surface area contributed by atoms with Crippen molar-refractivity contribution < 1.29 is 18.3 Å². The number of ether oxygens (including phenoxy) is 2. The highest BCUT2D eigenvalue weighted by atomic mass is 19.1. The molecule has 0 N–H and O–H groups in total. The fourth-order valence-corrected chi connectivity index (χ4v) is 3.72. The molecule has 0 unspecified atom stereocenters. The first-order valence-electron chi connectivity index (χ1n) is 8.73. The van der Waals surface area contributed by atoms with E-state index in [-0.39, 0.29) is 11.9 Å². The Morgan fingerprint density at radius 3 is 2.81 bits per heavy atom. The van der Waals surface area contributed by atoms with Crippen LogP contribution >= 0.6 is 0 Å².